The molecule has 3 rings (SSSR count). The highest BCUT2D eigenvalue weighted by Crippen LogP contribution is 2.32. The second-order valence-electron chi connectivity index (χ2n) is 7.55. The number of methoxy groups -OCH3 is 2. The summed E-state index contributed by atoms with van der Waals surface area (Å²) in [5, 5.41) is 5.44. The predicted molar refractivity (Wildman–Crippen MR) is 117 cm³/mol. The highest BCUT2D eigenvalue weighted by Gasteiger charge is 2.23. The van der Waals surface area contributed by atoms with Gasteiger partial charge >= 0.3 is 5.69 Å². The van der Waals surface area contributed by atoms with Crippen LogP contribution in [0.2, 0.25) is 0 Å². The molecule has 0 fully saturated rings. The summed E-state index contributed by atoms with van der Waals surface area (Å²) in [4.78, 5) is 34.5. The van der Waals surface area contributed by atoms with Gasteiger partial charge in [-0.3, -0.25) is 4.79 Å². The number of carbonyl (C=O) groups excluding carboxylic acids is 1. The fraction of sp³-hybridized carbons (Fsp3) is 0.600. The fourth-order valence-electron chi connectivity index (χ4n) is 3.36. The quantitative estimate of drug-likeness (QED) is 0.510. The van der Waals surface area contributed by atoms with Crippen LogP contribution in [0.15, 0.2) is 4.79 Å². The number of thiophene rings is 1. The van der Waals surface area contributed by atoms with E-state index in [0.717, 1.165) is 20.7 Å². The molecule has 9 nitrogen and oxygen atoms in total. The minimum absolute atomic E-state index is 0.0329. The van der Waals surface area contributed by atoms with Crippen molar-refractivity contribution in [1.82, 2.24) is 24.1 Å². The Balaban J connectivity index is 2.07. The number of aromatic nitrogens is 4. The number of rotatable bonds is 9. The topological polar surface area (TPSA) is 91.0 Å². The number of amides is 1. The zero-order chi connectivity index (χ0) is 22.0. The molecule has 1 amide bonds. The van der Waals surface area contributed by atoms with E-state index in [1.807, 2.05) is 27.7 Å². The average Bonchev–Trinajstić information content (AvgIpc) is 3.17. The molecule has 3 aromatic rings. The molecule has 30 heavy (non-hydrogen) atoms. The van der Waals surface area contributed by atoms with Crippen molar-refractivity contribution in [3.8, 4) is 0 Å². The van der Waals surface area contributed by atoms with Crippen molar-refractivity contribution in [2.45, 2.75) is 40.2 Å². The third-order valence-corrected chi connectivity index (χ3v) is 6.26. The molecule has 0 unspecified atom stereocenters. The lowest BCUT2D eigenvalue weighted by Gasteiger charge is -2.21. The van der Waals surface area contributed by atoms with Crippen LogP contribution in [-0.4, -0.2) is 70.5 Å². The predicted octanol–water partition coefficient (Wildman–Crippen LogP) is 1.97. The van der Waals surface area contributed by atoms with E-state index in [4.69, 9.17) is 14.5 Å². The van der Waals surface area contributed by atoms with Crippen LogP contribution in [-0.2, 0) is 20.8 Å². The van der Waals surface area contributed by atoms with E-state index >= 15 is 0 Å². The van der Waals surface area contributed by atoms with Crippen LogP contribution >= 0.6 is 11.3 Å². The zero-order valence-corrected chi connectivity index (χ0v) is 19.2. The van der Waals surface area contributed by atoms with Crippen molar-refractivity contribution in [3.05, 3.63) is 26.7 Å². The Bertz CT molecular complexity index is 1110. The summed E-state index contributed by atoms with van der Waals surface area (Å²) in [6.45, 7) is 9.55. The molecule has 0 aliphatic rings. The molecule has 164 valence electrons. The molecule has 0 atom stereocenters. The van der Waals surface area contributed by atoms with Gasteiger partial charge in [0.25, 0.3) is 0 Å². The van der Waals surface area contributed by atoms with E-state index in [-0.39, 0.29) is 24.1 Å². The normalized spacial score (nSPS) is 11.8. The lowest BCUT2D eigenvalue weighted by molar-refractivity contribution is -0.133. The maximum atomic E-state index is 13.2. The van der Waals surface area contributed by atoms with Crippen molar-refractivity contribution < 1.29 is 14.3 Å². The van der Waals surface area contributed by atoms with Crippen LogP contribution in [0.5, 0.6) is 0 Å². The first-order valence-electron chi connectivity index (χ1n) is 9.94. The maximum absolute atomic E-state index is 13.2. The van der Waals surface area contributed by atoms with Crippen molar-refractivity contribution in [2.75, 3.05) is 40.5 Å². The number of fused-ring (bicyclic) bond motifs is 3. The van der Waals surface area contributed by atoms with Crippen molar-refractivity contribution >= 4 is 33.1 Å². The molecule has 3 aromatic heterocycles. The van der Waals surface area contributed by atoms with Crippen LogP contribution in [0.4, 0.5) is 0 Å². The van der Waals surface area contributed by atoms with Gasteiger partial charge in [-0.15, -0.1) is 16.4 Å². The van der Waals surface area contributed by atoms with Crippen LogP contribution < -0.4 is 5.69 Å². The number of nitrogens with zero attached hydrogens (tertiary/aromatic N) is 5. The van der Waals surface area contributed by atoms with E-state index < -0.39 is 0 Å². The van der Waals surface area contributed by atoms with Gasteiger partial charge < -0.3 is 14.4 Å². The van der Waals surface area contributed by atoms with E-state index in [1.54, 1.807) is 34.9 Å². The molecule has 0 saturated heterocycles. The van der Waals surface area contributed by atoms with E-state index in [1.165, 1.54) is 4.68 Å². The van der Waals surface area contributed by atoms with Gasteiger partial charge in [-0.1, -0.05) is 13.8 Å². The van der Waals surface area contributed by atoms with Crippen molar-refractivity contribution in [1.29, 1.82) is 0 Å². The molecule has 0 aliphatic heterocycles. The van der Waals surface area contributed by atoms with Gasteiger partial charge in [-0.05, 0) is 19.4 Å². The summed E-state index contributed by atoms with van der Waals surface area (Å²) < 4.78 is 13.0. The fourth-order valence-corrected chi connectivity index (χ4v) is 4.39. The number of ether oxygens (including phenoxy) is 2. The smallest absolute Gasteiger partial charge is 0.352 e. The van der Waals surface area contributed by atoms with Gasteiger partial charge in [0, 0.05) is 38.1 Å². The summed E-state index contributed by atoms with van der Waals surface area (Å²) in [6, 6.07) is 0. The molecular weight excluding hydrogens is 406 g/mol. The van der Waals surface area contributed by atoms with Crippen LogP contribution in [0.1, 0.15) is 36.0 Å². The Morgan fingerprint density at radius 3 is 2.37 bits per heavy atom. The summed E-state index contributed by atoms with van der Waals surface area (Å²) in [7, 11) is 3.17. The average molecular weight is 436 g/mol. The van der Waals surface area contributed by atoms with Gasteiger partial charge in [0.05, 0.1) is 18.6 Å². The van der Waals surface area contributed by atoms with Gasteiger partial charge in [-0.2, -0.15) is 0 Å². The third kappa shape index (κ3) is 4.12. The third-order valence-electron chi connectivity index (χ3n) is 5.16. The molecule has 0 saturated carbocycles. The minimum atomic E-state index is -0.349. The summed E-state index contributed by atoms with van der Waals surface area (Å²) in [5.74, 6) is 0.478. The number of hydrogen-bond acceptors (Lipinski definition) is 7. The second kappa shape index (κ2) is 9.23. The van der Waals surface area contributed by atoms with Crippen LogP contribution in [0.3, 0.4) is 0 Å². The highest BCUT2D eigenvalue weighted by molar-refractivity contribution is 7.18. The Labute approximate surface area is 179 Å². The van der Waals surface area contributed by atoms with Crippen molar-refractivity contribution in [3.63, 3.8) is 0 Å². The standard InChI is InChI=1S/C20H29N5O4S/c1-12(2)17-21-19-16(13(3)14(4)30-19)18-22-24(20(27)25(17)18)11-15(26)23(7-9-28-5)8-10-29-6/h12H,7-11H2,1-6H3. The molecule has 0 radical (unpaired) electrons. The summed E-state index contributed by atoms with van der Waals surface area (Å²) >= 11 is 1.60. The van der Waals surface area contributed by atoms with Gasteiger partial charge in [0.2, 0.25) is 5.91 Å². The Kier molecular flexibility index (Phi) is 6.89. The molecule has 0 bridgehead atoms. The number of carbonyl (C=O) groups is 1. The van der Waals surface area contributed by atoms with Gasteiger partial charge in [0.1, 0.15) is 17.2 Å². The number of aryl methyl sites for hydroxylation is 2. The number of hydrogen-bond donors (Lipinski definition) is 0. The molecule has 0 spiro atoms. The van der Waals surface area contributed by atoms with Crippen LogP contribution in [0, 0.1) is 13.8 Å². The Morgan fingerprint density at radius 2 is 1.80 bits per heavy atom. The first-order valence-corrected chi connectivity index (χ1v) is 10.8. The van der Waals surface area contributed by atoms with Gasteiger partial charge in [0.15, 0.2) is 5.65 Å². The monoisotopic (exact) mass is 435 g/mol. The SMILES string of the molecule is COCCN(CCOC)C(=O)Cn1nc2c3c(C)c(C)sc3nc(C(C)C)n2c1=O. The van der Waals surface area contributed by atoms with E-state index in [9.17, 15) is 9.59 Å². The summed E-state index contributed by atoms with van der Waals surface area (Å²) in [6.07, 6.45) is 0. The second-order valence-corrected chi connectivity index (χ2v) is 8.76. The zero-order valence-electron chi connectivity index (χ0n) is 18.4. The molecular formula is C20H29N5O4S. The molecule has 0 aliphatic carbocycles. The largest absolute Gasteiger partial charge is 0.383 e. The Morgan fingerprint density at radius 1 is 1.17 bits per heavy atom. The Hall–Kier alpha value is -2.30. The van der Waals surface area contributed by atoms with Crippen molar-refractivity contribution in [2.24, 2.45) is 0 Å². The van der Waals surface area contributed by atoms with Crippen LogP contribution in [0.25, 0.3) is 15.9 Å². The highest BCUT2D eigenvalue weighted by atomic mass is 32.1. The first-order chi connectivity index (χ1) is 14.3. The first kappa shape index (κ1) is 22.4. The molecule has 3 heterocycles. The van der Waals surface area contributed by atoms with E-state index in [2.05, 4.69) is 5.10 Å². The summed E-state index contributed by atoms with van der Waals surface area (Å²) in [5.41, 5.74) is 1.27. The minimum Gasteiger partial charge on any atom is -0.383 e. The lowest BCUT2D eigenvalue weighted by atomic mass is 10.2. The van der Waals surface area contributed by atoms with E-state index in [0.29, 0.717) is 37.8 Å². The molecule has 0 aromatic carbocycles. The van der Waals surface area contributed by atoms with Gasteiger partial charge in [-0.25, -0.2) is 18.9 Å². The maximum Gasteiger partial charge on any atom is 0.352 e. The molecule has 10 heteroatoms. The lowest BCUT2D eigenvalue weighted by Crippen LogP contribution is -2.40. The molecule has 0 N–H and O–H groups in total.